The number of nitrogens with zero attached hydrogens (tertiary/aromatic N) is 3. The minimum atomic E-state index is -0.477. The summed E-state index contributed by atoms with van der Waals surface area (Å²) < 4.78 is 5.68. The molecule has 8 heteroatoms. The van der Waals surface area contributed by atoms with Crippen molar-refractivity contribution >= 4 is 5.69 Å². The van der Waals surface area contributed by atoms with Crippen LogP contribution in [0.5, 0.6) is 0 Å². The lowest BCUT2D eigenvalue weighted by Crippen LogP contribution is -2.46. The minimum Gasteiger partial charge on any atom is -0.373 e. The van der Waals surface area contributed by atoms with Gasteiger partial charge in [0.05, 0.1) is 23.0 Å². The van der Waals surface area contributed by atoms with Gasteiger partial charge in [0.25, 0.3) is 5.69 Å². The summed E-state index contributed by atoms with van der Waals surface area (Å²) in [6.45, 7) is 5.89. The summed E-state index contributed by atoms with van der Waals surface area (Å²) in [6, 6.07) is 6.29. The Morgan fingerprint density at radius 3 is 2.42 bits per heavy atom. The van der Waals surface area contributed by atoms with Gasteiger partial charge in [0, 0.05) is 29.6 Å². The standard InChI is InChI=1S/C16H23N3O5/c1-12-9-17(10-13(2)24-12)8-7-14(11-18(20)21)15-5-3-4-6-16(15)19(22)23/h3-6,12-14H,7-11H2,1-2H3/t12-,13-,14+/m1/s1. The minimum absolute atomic E-state index is 0.0481. The Kier molecular flexibility index (Phi) is 6.22. The van der Waals surface area contributed by atoms with Crippen molar-refractivity contribution in [3.8, 4) is 0 Å². The summed E-state index contributed by atoms with van der Waals surface area (Å²) in [5.41, 5.74) is 0.390. The summed E-state index contributed by atoms with van der Waals surface area (Å²) >= 11 is 0. The van der Waals surface area contributed by atoms with E-state index in [2.05, 4.69) is 4.90 Å². The molecule has 0 bridgehead atoms. The molecule has 2 rings (SSSR count). The van der Waals surface area contributed by atoms with E-state index in [1.54, 1.807) is 18.2 Å². The highest BCUT2D eigenvalue weighted by Crippen LogP contribution is 2.29. The normalized spacial score (nSPS) is 22.9. The maximum absolute atomic E-state index is 11.2. The van der Waals surface area contributed by atoms with E-state index in [0.29, 0.717) is 18.5 Å². The highest BCUT2D eigenvalue weighted by atomic mass is 16.6. The number of hydrogen-bond acceptors (Lipinski definition) is 6. The van der Waals surface area contributed by atoms with Gasteiger partial charge in [0.2, 0.25) is 6.54 Å². The van der Waals surface area contributed by atoms with Crippen molar-refractivity contribution in [2.45, 2.75) is 38.4 Å². The smallest absolute Gasteiger partial charge is 0.273 e. The monoisotopic (exact) mass is 337 g/mol. The fourth-order valence-electron chi connectivity index (χ4n) is 3.33. The van der Waals surface area contributed by atoms with Crippen molar-refractivity contribution in [3.05, 3.63) is 50.1 Å². The molecule has 8 nitrogen and oxygen atoms in total. The third-order valence-corrected chi connectivity index (χ3v) is 4.23. The zero-order valence-corrected chi connectivity index (χ0v) is 14.0. The van der Waals surface area contributed by atoms with Crippen LogP contribution in [0.15, 0.2) is 24.3 Å². The fraction of sp³-hybridized carbons (Fsp3) is 0.625. The second-order valence-electron chi connectivity index (χ2n) is 6.33. The lowest BCUT2D eigenvalue weighted by atomic mass is 9.93. The van der Waals surface area contributed by atoms with Crippen LogP contribution < -0.4 is 0 Å². The molecule has 1 fully saturated rings. The predicted octanol–water partition coefficient (Wildman–Crippen LogP) is 2.45. The van der Waals surface area contributed by atoms with Crippen LogP contribution in [0, 0.1) is 20.2 Å². The van der Waals surface area contributed by atoms with E-state index in [4.69, 9.17) is 4.74 Å². The van der Waals surface area contributed by atoms with E-state index < -0.39 is 15.8 Å². The molecule has 132 valence electrons. The van der Waals surface area contributed by atoms with Crippen LogP contribution in [0.3, 0.4) is 0 Å². The molecule has 0 aromatic heterocycles. The summed E-state index contributed by atoms with van der Waals surface area (Å²) in [5, 5.41) is 22.2. The number of benzene rings is 1. The highest BCUT2D eigenvalue weighted by molar-refractivity contribution is 5.42. The summed E-state index contributed by atoms with van der Waals surface area (Å²) in [5.74, 6) is -0.477. The molecule has 24 heavy (non-hydrogen) atoms. The molecule has 0 radical (unpaired) electrons. The first-order chi connectivity index (χ1) is 11.4. The molecule has 1 aromatic rings. The largest absolute Gasteiger partial charge is 0.373 e. The molecular weight excluding hydrogens is 314 g/mol. The second-order valence-corrected chi connectivity index (χ2v) is 6.33. The number of rotatable bonds is 7. The van der Waals surface area contributed by atoms with Crippen molar-refractivity contribution in [1.82, 2.24) is 4.90 Å². The van der Waals surface area contributed by atoms with Crippen molar-refractivity contribution in [2.24, 2.45) is 0 Å². The lowest BCUT2D eigenvalue weighted by Gasteiger charge is -2.35. The van der Waals surface area contributed by atoms with Crippen LogP contribution >= 0.6 is 0 Å². The van der Waals surface area contributed by atoms with Gasteiger partial charge in [-0.2, -0.15) is 0 Å². The van der Waals surface area contributed by atoms with Crippen LogP contribution in [0.25, 0.3) is 0 Å². The number of ether oxygens (including phenoxy) is 1. The molecule has 1 aliphatic rings. The molecular formula is C16H23N3O5. The Balaban J connectivity index is 2.12. The van der Waals surface area contributed by atoms with Gasteiger partial charge in [0.15, 0.2) is 0 Å². The maximum atomic E-state index is 11.2. The molecule has 1 saturated heterocycles. The molecule has 1 aliphatic heterocycles. The van der Waals surface area contributed by atoms with Gasteiger partial charge in [-0.25, -0.2) is 0 Å². The number of para-hydroxylation sites is 1. The van der Waals surface area contributed by atoms with Crippen LogP contribution in [-0.2, 0) is 4.74 Å². The Labute approximate surface area is 140 Å². The number of nitro benzene ring substituents is 1. The summed E-state index contributed by atoms with van der Waals surface area (Å²) in [4.78, 5) is 23.6. The van der Waals surface area contributed by atoms with Crippen molar-refractivity contribution in [1.29, 1.82) is 0 Å². The molecule has 1 heterocycles. The molecule has 0 saturated carbocycles. The Morgan fingerprint density at radius 1 is 1.21 bits per heavy atom. The van der Waals surface area contributed by atoms with E-state index in [-0.39, 0.29) is 24.4 Å². The quantitative estimate of drug-likeness (QED) is 0.560. The first kappa shape index (κ1) is 18.3. The van der Waals surface area contributed by atoms with Crippen molar-refractivity contribution in [3.63, 3.8) is 0 Å². The summed E-state index contributed by atoms with van der Waals surface area (Å²) in [6.07, 6.45) is 0.744. The maximum Gasteiger partial charge on any atom is 0.273 e. The van der Waals surface area contributed by atoms with Crippen LogP contribution in [0.4, 0.5) is 5.69 Å². The number of nitro groups is 2. The average Bonchev–Trinajstić information content (AvgIpc) is 2.50. The highest BCUT2D eigenvalue weighted by Gasteiger charge is 2.28. The number of hydrogen-bond donors (Lipinski definition) is 0. The lowest BCUT2D eigenvalue weighted by molar-refractivity contribution is -0.484. The van der Waals surface area contributed by atoms with E-state index >= 15 is 0 Å². The molecule has 3 atom stereocenters. The first-order valence-corrected chi connectivity index (χ1v) is 8.09. The SMILES string of the molecule is C[C@@H]1CN(CC[C@@H](C[N+](=O)[O-])c2ccccc2[N+](=O)[O-])C[C@@H](C)O1. The topological polar surface area (TPSA) is 98.8 Å². The molecule has 0 aliphatic carbocycles. The van der Waals surface area contributed by atoms with Crippen LogP contribution in [-0.4, -0.2) is 53.1 Å². The molecule has 0 spiro atoms. The van der Waals surface area contributed by atoms with Gasteiger partial charge in [-0.1, -0.05) is 18.2 Å². The van der Waals surface area contributed by atoms with Crippen molar-refractivity contribution < 1.29 is 14.6 Å². The Morgan fingerprint density at radius 2 is 1.83 bits per heavy atom. The molecule has 0 N–H and O–H groups in total. The van der Waals surface area contributed by atoms with Crippen LogP contribution in [0.1, 0.15) is 31.7 Å². The van der Waals surface area contributed by atoms with E-state index in [1.165, 1.54) is 6.07 Å². The van der Waals surface area contributed by atoms with Gasteiger partial charge in [0.1, 0.15) is 0 Å². The second kappa shape index (κ2) is 8.16. The zero-order valence-electron chi connectivity index (χ0n) is 14.0. The number of morpholine rings is 1. The first-order valence-electron chi connectivity index (χ1n) is 8.09. The fourth-order valence-corrected chi connectivity index (χ4v) is 3.33. The zero-order chi connectivity index (χ0) is 17.7. The van der Waals surface area contributed by atoms with Crippen molar-refractivity contribution in [2.75, 3.05) is 26.2 Å². The van der Waals surface area contributed by atoms with E-state index in [9.17, 15) is 20.2 Å². The average molecular weight is 337 g/mol. The molecule has 0 amide bonds. The van der Waals surface area contributed by atoms with Gasteiger partial charge in [-0.05, 0) is 26.8 Å². The van der Waals surface area contributed by atoms with E-state index in [1.807, 2.05) is 13.8 Å². The third-order valence-electron chi connectivity index (χ3n) is 4.23. The van der Waals surface area contributed by atoms with E-state index in [0.717, 1.165) is 13.1 Å². The summed E-state index contributed by atoms with van der Waals surface area (Å²) in [7, 11) is 0. The molecule has 1 aromatic carbocycles. The molecule has 0 unspecified atom stereocenters. The third kappa shape index (κ3) is 4.97. The van der Waals surface area contributed by atoms with Crippen LogP contribution in [0.2, 0.25) is 0 Å². The van der Waals surface area contributed by atoms with Gasteiger partial charge in [-0.3, -0.25) is 25.1 Å². The predicted molar refractivity (Wildman–Crippen MR) is 88.8 cm³/mol. The van der Waals surface area contributed by atoms with Gasteiger partial charge < -0.3 is 4.74 Å². The Hall–Kier alpha value is -2.06. The van der Waals surface area contributed by atoms with Gasteiger partial charge in [-0.15, -0.1) is 0 Å². The van der Waals surface area contributed by atoms with Gasteiger partial charge >= 0.3 is 0 Å². The Bertz CT molecular complexity index is 585.